The Morgan fingerprint density at radius 2 is 1.76 bits per heavy atom. The number of pyridine rings is 1. The second kappa shape index (κ2) is 9.77. The van der Waals surface area contributed by atoms with Crippen molar-refractivity contribution in [2.75, 3.05) is 44.2 Å². The summed E-state index contributed by atoms with van der Waals surface area (Å²) in [5.74, 6) is 0. The number of fused-ring (bicyclic) bond motifs is 2. The van der Waals surface area contributed by atoms with Gasteiger partial charge in [0.15, 0.2) is 0 Å². The summed E-state index contributed by atoms with van der Waals surface area (Å²) in [7, 11) is -3.58. The third-order valence-corrected chi connectivity index (χ3v) is 8.67. The fourth-order valence-electron chi connectivity index (χ4n) is 4.51. The zero-order valence-electron chi connectivity index (χ0n) is 18.5. The zero-order valence-corrected chi connectivity index (χ0v) is 20.1. The number of hydrogen-bond acceptors (Lipinski definition) is 6. The number of rotatable bonds is 8. The largest absolute Gasteiger partial charge is 0.368 e. The number of piperazine rings is 1. The van der Waals surface area contributed by atoms with E-state index in [4.69, 9.17) is 0 Å². The number of thiophene rings is 1. The topological polar surface area (TPSA) is 65.5 Å². The molecule has 33 heavy (non-hydrogen) atoms. The van der Waals surface area contributed by atoms with E-state index in [2.05, 4.69) is 49.2 Å². The molecular weight excluding hydrogens is 452 g/mol. The second-order valence-electron chi connectivity index (χ2n) is 8.40. The number of sulfonamides is 1. The SMILES string of the molecule is O=S(=O)(NCCCCN1CCN(c2cccc3sccc23)CC1)c1cncc2ccccc12. The molecule has 5 rings (SSSR count). The Hall–Kier alpha value is -2.52. The summed E-state index contributed by atoms with van der Waals surface area (Å²) in [5, 5.41) is 5.05. The molecule has 0 aliphatic carbocycles. The molecule has 1 saturated heterocycles. The van der Waals surface area contributed by atoms with Gasteiger partial charge in [-0.15, -0.1) is 11.3 Å². The van der Waals surface area contributed by atoms with Gasteiger partial charge in [-0.2, -0.15) is 0 Å². The van der Waals surface area contributed by atoms with E-state index in [0.29, 0.717) is 11.9 Å². The van der Waals surface area contributed by atoms with Crippen LogP contribution in [0.25, 0.3) is 20.9 Å². The van der Waals surface area contributed by atoms with Crippen molar-refractivity contribution in [3.8, 4) is 0 Å². The number of aromatic nitrogens is 1. The molecule has 1 N–H and O–H groups in total. The number of nitrogens with zero attached hydrogens (tertiary/aromatic N) is 3. The summed E-state index contributed by atoms with van der Waals surface area (Å²) in [6, 6.07) is 16.2. The van der Waals surface area contributed by atoms with E-state index in [0.717, 1.165) is 51.0 Å². The molecule has 0 atom stereocenters. The third kappa shape index (κ3) is 4.89. The first-order chi connectivity index (χ1) is 16.1. The van der Waals surface area contributed by atoms with Gasteiger partial charge in [-0.3, -0.25) is 9.88 Å². The third-order valence-electron chi connectivity index (χ3n) is 6.30. The van der Waals surface area contributed by atoms with E-state index in [-0.39, 0.29) is 4.90 Å². The number of anilines is 1. The van der Waals surface area contributed by atoms with Gasteiger partial charge < -0.3 is 4.90 Å². The van der Waals surface area contributed by atoms with Gasteiger partial charge in [-0.25, -0.2) is 13.1 Å². The van der Waals surface area contributed by atoms with Crippen molar-refractivity contribution < 1.29 is 8.42 Å². The van der Waals surface area contributed by atoms with E-state index >= 15 is 0 Å². The van der Waals surface area contributed by atoms with Crippen LogP contribution in [0.5, 0.6) is 0 Å². The van der Waals surface area contributed by atoms with Gasteiger partial charge in [-0.05, 0) is 43.0 Å². The standard InChI is InChI=1S/C25H28N4O2S2/c30-33(31,25-19-26-18-20-6-1-2-7-21(20)25)27-11-3-4-12-28-13-15-29(16-14-28)23-8-5-9-24-22(23)10-17-32-24/h1-2,5-10,17-19,27H,3-4,11-16H2. The van der Waals surface area contributed by atoms with Crippen LogP contribution in [0.1, 0.15) is 12.8 Å². The van der Waals surface area contributed by atoms with Crippen molar-refractivity contribution in [3.63, 3.8) is 0 Å². The lowest BCUT2D eigenvalue weighted by molar-refractivity contribution is 0.253. The Kier molecular flexibility index (Phi) is 6.59. The summed E-state index contributed by atoms with van der Waals surface area (Å²) in [4.78, 5) is 9.31. The van der Waals surface area contributed by atoms with Crippen molar-refractivity contribution in [3.05, 3.63) is 66.3 Å². The molecule has 8 heteroatoms. The molecule has 0 unspecified atom stereocenters. The lowest BCUT2D eigenvalue weighted by Gasteiger charge is -2.36. The molecule has 2 aromatic carbocycles. The van der Waals surface area contributed by atoms with Crippen molar-refractivity contribution in [2.24, 2.45) is 0 Å². The molecule has 1 aliphatic heterocycles. The maximum Gasteiger partial charge on any atom is 0.242 e. The first kappa shape index (κ1) is 22.3. The normalized spacial score (nSPS) is 15.5. The summed E-state index contributed by atoms with van der Waals surface area (Å²) < 4.78 is 29.7. The maximum atomic E-state index is 12.8. The van der Waals surface area contributed by atoms with E-state index in [1.165, 1.54) is 22.0 Å². The summed E-state index contributed by atoms with van der Waals surface area (Å²) in [5.41, 5.74) is 1.34. The highest BCUT2D eigenvalue weighted by Gasteiger charge is 2.19. The van der Waals surface area contributed by atoms with E-state index in [1.54, 1.807) is 17.5 Å². The minimum Gasteiger partial charge on any atom is -0.368 e. The molecule has 172 valence electrons. The van der Waals surface area contributed by atoms with Gasteiger partial charge in [0, 0.05) is 71.7 Å². The molecule has 1 fully saturated rings. The van der Waals surface area contributed by atoms with Crippen LogP contribution in [0, 0.1) is 0 Å². The second-order valence-corrected chi connectivity index (χ2v) is 11.1. The Balaban J connectivity index is 1.08. The predicted octanol–water partition coefficient (Wildman–Crippen LogP) is 4.33. The van der Waals surface area contributed by atoms with E-state index < -0.39 is 10.0 Å². The van der Waals surface area contributed by atoms with Gasteiger partial charge >= 0.3 is 0 Å². The van der Waals surface area contributed by atoms with Crippen molar-refractivity contribution >= 4 is 47.9 Å². The Morgan fingerprint density at radius 3 is 2.64 bits per heavy atom. The van der Waals surface area contributed by atoms with Crippen molar-refractivity contribution in [2.45, 2.75) is 17.7 Å². The number of benzene rings is 2. The van der Waals surface area contributed by atoms with Crippen LogP contribution in [-0.2, 0) is 10.0 Å². The summed E-state index contributed by atoms with van der Waals surface area (Å²) in [6.45, 7) is 5.55. The van der Waals surface area contributed by atoms with Crippen LogP contribution in [-0.4, -0.2) is 57.6 Å². The molecule has 6 nitrogen and oxygen atoms in total. The van der Waals surface area contributed by atoms with Crippen LogP contribution in [0.2, 0.25) is 0 Å². The van der Waals surface area contributed by atoms with Crippen LogP contribution < -0.4 is 9.62 Å². The molecule has 4 aromatic rings. The van der Waals surface area contributed by atoms with Crippen LogP contribution >= 0.6 is 11.3 Å². The number of nitrogens with one attached hydrogen (secondary N) is 1. The predicted molar refractivity (Wildman–Crippen MR) is 137 cm³/mol. The van der Waals surface area contributed by atoms with Gasteiger partial charge in [0.1, 0.15) is 4.90 Å². The van der Waals surface area contributed by atoms with Crippen LogP contribution in [0.4, 0.5) is 5.69 Å². The van der Waals surface area contributed by atoms with Gasteiger partial charge in [-0.1, -0.05) is 30.3 Å². The Labute approximate surface area is 198 Å². The highest BCUT2D eigenvalue weighted by Crippen LogP contribution is 2.31. The van der Waals surface area contributed by atoms with Crippen LogP contribution in [0.15, 0.2) is 71.2 Å². The molecule has 0 saturated carbocycles. The first-order valence-corrected chi connectivity index (χ1v) is 13.7. The molecule has 0 radical (unpaired) electrons. The molecule has 2 aromatic heterocycles. The van der Waals surface area contributed by atoms with E-state index in [1.807, 2.05) is 24.3 Å². The number of unbranched alkanes of at least 4 members (excludes halogenated alkanes) is 1. The Morgan fingerprint density at radius 1 is 0.909 bits per heavy atom. The summed E-state index contributed by atoms with van der Waals surface area (Å²) in [6.07, 6.45) is 4.90. The quantitative estimate of drug-likeness (QED) is 0.380. The molecular formula is C25H28N4O2S2. The summed E-state index contributed by atoms with van der Waals surface area (Å²) >= 11 is 1.79. The monoisotopic (exact) mass is 480 g/mol. The molecule has 1 aliphatic rings. The smallest absolute Gasteiger partial charge is 0.242 e. The van der Waals surface area contributed by atoms with E-state index in [9.17, 15) is 8.42 Å². The Bertz CT molecular complexity index is 1340. The lowest BCUT2D eigenvalue weighted by Crippen LogP contribution is -2.46. The van der Waals surface area contributed by atoms with Gasteiger partial charge in [0.25, 0.3) is 0 Å². The van der Waals surface area contributed by atoms with Crippen molar-refractivity contribution in [1.82, 2.24) is 14.6 Å². The molecule has 0 spiro atoms. The molecule has 0 bridgehead atoms. The minimum absolute atomic E-state index is 0.248. The van der Waals surface area contributed by atoms with Crippen LogP contribution in [0.3, 0.4) is 0 Å². The number of hydrogen-bond donors (Lipinski definition) is 1. The van der Waals surface area contributed by atoms with Crippen molar-refractivity contribution in [1.29, 1.82) is 0 Å². The zero-order chi connectivity index (χ0) is 22.7. The average molecular weight is 481 g/mol. The average Bonchev–Trinajstić information content (AvgIpc) is 3.33. The first-order valence-electron chi connectivity index (χ1n) is 11.4. The fraction of sp³-hybridized carbons (Fsp3) is 0.320. The molecule has 3 heterocycles. The lowest BCUT2D eigenvalue weighted by atomic mass is 10.2. The highest BCUT2D eigenvalue weighted by atomic mass is 32.2. The minimum atomic E-state index is -3.58. The van der Waals surface area contributed by atoms with Gasteiger partial charge in [0.05, 0.1) is 0 Å². The molecule has 0 amide bonds. The van der Waals surface area contributed by atoms with Gasteiger partial charge in [0.2, 0.25) is 10.0 Å². The highest BCUT2D eigenvalue weighted by molar-refractivity contribution is 7.89. The maximum absolute atomic E-state index is 12.8. The fourth-order valence-corrected chi connectivity index (χ4v) is 6.56.